The quantitative estimate of drug-likeness (QED) is 0.584. The van der Waals surface area contributed by atoms with Gasteiger partial charge in [0, 0.05) is 0 Å². The van der Waals surface area contributed by atoms with Crippen LogP contribution in [-0.2, 0) is 0 Å². The summed E-state index contributed by atoms with van der Waals surface area (Å²) in [5.41, 5.74) is 4.27. The van der Waals surface area contributed by atoms with Gasteiger partial charge in [-0.2, -0.15) is 0 Å². The molecule has 114 valence electrons. The van der Waals surface area contributed by atoms with E-state index in [1.165, 1.54) is 16.7 Å². The van der Waals surface area contributed by atoms with Gasteiger partial charge in [-0.15, -0.1) is 0 Å². The standard InChI is InChI=1S/C12H18.C9H12/c1-9(2)11-5-7-12(8-6-11)10(3)4;1-8(2)9-6-4-3-5-7-9/h5-10H,1-4H3;3-8H,1-2H3. The predicted octanol–water partition coefficient (Wildman–Crippen LogP) is 6.74. The highest BCUT2D eigenvalue weighted by Crippen LogP contribution is 2.19. The van der Waals surface area contributed by atoms with Gasteiger partial charge < -0.3 is 0 Å². The maximum Gasteiger partial charge on any atom is -0.0219 e. The molecule has 0 amide bonds. The molecular weight excluding hydrogens is 252 g/mol. The van der Waals surface area contributed by atoms with Crippen LogP contribution in [0.1, 0.15) is 76.0 Å². The zero-order chi connectivity index (χ0) is 15.8. The van der Waals surface area contributed by atoms with Crippen LogP contribution in [0, 0.1) is 0 Å². The first-order valence-corrected chi connectivity index (χ1v) is 8.06. The van der Waals surface area contributed by atoms with Gasteiger partial charge in [0.25, 0.3) is 0 Å². The van der Waals surface area contributed by atoms with Gasteiger partial charge in [0.15, 0.2) is 0 Å². The molecule has 0 aliphatic heterocycles. The number of hydrogen-bond donors (Lipinski definition) is 0. The summed E-state index contributed by atoms with van der Waals surface area (Å²) >= 11 is 0. The Labute approximate surface area is 131 Å². The van der Waals surface area contributed by atoms with Crippen LogP contribution in [0.15, 0.2) is 54.6 Å². The monoisotopic (exact) mass is 282 g/mol. The predicted molar refractivity (Wildman–Crippen MR) is 95.2 cm³/mol. The average Bonchev–Trinajstić information content (AvgIpc) is 2.49. The fourth-order valence-electron chi connectivity index (χ4n) is 2.10. The fraction of sp³-hybridized carbons (Fsp3) is 0.429. The van der Waals surface area contributed by atoms with E-state index in [1.807, 2.05) is 6.07 Å². The molecule has 0 nitrogen and oxygen atoms in total. The minimum Gasteiger partial charge on any atom is -0.0622 e. The molecule has 2 aromatic rings. The second-order valence-corrected chi connectivity index (χ2v) is 6.54. The summed E-state index contributed by atoms with van der Waals surface area (Å²) < 4.78 is 0. The number of rotatable bonds is 3. The minimum absolute atomic E-state index is 0.645. The smallest absolute Gasteiger partial charge is 0.0219 e. The van der Waals surface area contributed by atoms with Gasteiger partial charge in [0.1, 0.15) is 0 Å². The molecule has 0 atom stereocenters. The molecule has 0 unspecified atom stereocenters. The van der Waals surface area contributed by atoms with E-state index >= 15 is 0 Å². The summed E-state index contributed by atoms with van der Waals surface area (Å²) in [7, 11) is 0. The van der Waals surface area contributed by atoms with E-state index in [4.69, 9.17) is 0 Å². The van der Waals surface area contributed by atoms with Crippen LogP contribution >= 0.6 is 0 Å². The third kappa shape index (κ3) is 6.16. The van der Waals surface area contributed by atoms with E-state index in [0.717, 1.165) is 0 Å². The van der Waals surface area contributed by atoms with Gasteiger partial charge in [-0.3, -0.25) is 0 Å². The summed E-state index contributed by atoms with van der Waals surface area (Å²) in [5.74, 6) is 1.95. The molecule has 0 heterocycles. The normalized spacial score (nSPS) is 10.7. The Bertz CT molecular complexity index is 462. The molecule has 0 N–H and O–H groups in total. The van der Waals surface area contributed by atoms with Crippen molar-refractivity contribution in [2.45, 2.75) is 59.3 Å². The molecule has 0 heteroatoms. The first kappa shape index (κ1) is 17.5. The maximum atomic E-state index is 2.24. The van der Waals surface area contributed by atoms with Gasteiger partial charge in [-0.1, -0.05) is 96.1 Å². The Morgan fingerprint density at radius 1 is 0.429 bits per heavy atom. The van der Waals surface area contributed by atoms with Crippen molar-refractivity contribution in [3.8, 4) is 0 Å². The van der Waals surface area contributed by atoms with E-state index in [0.29, 0.717) is 17.8 Å². The van der Waals surface area contributed by atoms with Crippen molar-refractivity contribution in [3.63, 3.8) is 0 Å². The maximum absolute atomic E-state index is 2.24. The highest BCUT2D eigenvalue weighted by molar-refractivity contribution is 5.26. The van der Waals surface area contributed by atoms with Crippen LogP contribution in [0.5, 0.6) is 0 Å². The summed E-state index contributed by atoms with van der Waals surface area (Å²) in [6, 6.07) is 19.5. The van der Waals surface area contributed by atoms with Crippen LogP contribution < -0.4 is 0 Å². The molecule has 0 saturated carbocycles. The molecule has 21 heavy (non-hydrogen) atoms. The molecular formula is C21H30. The van der Waals surface area contributed by atoms with Crippen LogP contribution in [0.3, 0.4) is 0 Å². The Balaban J connectivity index is 0.000000219. The highest BCUT2D eigenvalue weighted by Gasteiger charge is 2.00. The molecule has 0 aliphatic carbocycles. The SMILES string of the molecule is CC(C)c1ccc(C(C)C)cc1.CC(C)c1ccccc1. The second-order valence-electron chi connectivity index (χ2n) is 6.54. The molecule has 0 aromatic heterocycles. The summed E-state index contributed by atoms with van der Waals surface area (Å²) in [6.45, 7) is 13.3. The lowest BCUT2D eigenvalue weighted by atomic mass is 9.97. The third-order valence-corrected chi connectivity index (χ3v) is 3.74. The van der Waals surface area contributed by atoms with E-state index in [1.54, 1.807) is 0 Å². The van der Waals surface area contributed by atoms with Crippen LogP contribution in [-0.4, -0.2) is 0 Å². The zero-order valence-corrected chi connectivity index (χ0v) is 14.4. The lowest BCUT2D eigenvalue weighted by molar-refractivity contribution is 0.845. The highest BCUT2D eigenvalue weighted by atomic mass is 14.1. The van der Waals surface area contributed by atoms with E-state index < -0.39 is 0 Å². The molecule has 0 radical (unpaired) electrons. The Morgan fingerprint density at radius 2 is 0.714 bits per heavy atom. The first-order valence-electron chi connectivity index (χ1n) is 8.06. The molecule has 2 aromatic carbocycles. The molecule has 0 saturated heterocycles. The first-order chi connectivity index (χ1) is 9.91. The lowest BCUT2D eigenvalue weighted by Gasteiger charge is -2.08. The molecule has 0 spiro atoms. The lowest BCUT2D eigenvalue weighted by Crippen LogP contribution is -1.90. The minimum atomic E-state index is 0.645. The van der Waals surface area contributed by atoms with Gasteiger partial charge >= 0.3 is 0 Å². The Kier molecular flexibility index (Phi) is 7.22. The topological polar surface area (TPSA) is 0 Å². The summed E-state index contributed by atoms with van der Waals surface area (Å²) in [6.07, 6.45) is 0. The van der Waals surface area contributed by atoms with Crippen molar-refractivity contribution < 1.29 is 0 Å². The Hall–Kier alpha value is -1.56. The van der Waals surface area contributed by atoms with E-state index in [-0.39, 0.29) is 0 Å². The van der Waals surface area contributed by atoms with Gasteiger partial charge in [-0.05, 0) is 34.4 Å². The average molecular weight is 282 g/mol. The fourth-order valence-corrected chi connectivity index (χ4v) is 2.10. The Morgan fingerprint density at radius 3 is 0.952 bits per heavy atom. The van der Waals surface area contributed by atoms with Gasteiger partial charge in [-0.25, -0.2) is 0 Å². The third-order valence-electron chi connectivity index (χ3n) is 3.74. The summed E-state index contributed by atoms with van der Waals surface area (Å²) in [5, 5.41) is 0. The summed E-state index contributed by atoms with van der Waals surface area (Å²) in [4.78, 5) is 0. The van der Waals surface area contributed by atoms with Gasteiger partial charge in [0.2, 0.25) is 0 Å². The molecule has 0 bridgehead atoms. The molecule has 0 aliphatic rings. The molecule has 0 fully saturated rings. The molecule has 2 rings (SSSR count). The van der Waals surface area contributed by atoms with Crippen molar-refractivity contribution in [1.29, 1.82) is 0 Å². The largest absolute Gasteiger partial charge is 0.0622 e. The van der Waals surface area contributed by atoms with Crippen LogP contribution in [0.2, 0.25) is 0 Å². The van der Waals surface area contributed by atoms with Crippen molar-refractivity contribution in [1.82, 2.24) is 0 Å². The number of benzene rings is 2. The van der Waals surface area contributed by atoms with Crippen molar-refractivity contribution in [2.75, 3.05) is 0 Å². The van der Waals surface area contributed by atoms with E-state index in [2.05, 4.69) is 90.1 Å². The number of hydrogen-bond acceptors (Lipinski definition) is 0. The van der Waals surface area contributed by atoms with Gasteiger partial charge in [0.05, 0.1) is 0 Å². The van der Waals surface area contributed by atoms with Crippen molar-refractivity contribution in [2.24, 2.45) is 0 Å². The van der Waals surface area contributed by atoms with E-state index in [9.17, 15) is 0 Å². The zero-order valence-electron chi connectivity index (χ0n) is 14.4. The van der Waals surface area contributed by atoms with Crippen molar-refractivity contribution in [3.05, 3.63) is 71.3 Å². The van der Waals surface area contributed by atoms with Crippen LogP contribution in [0.4, 0.5) is 0 Å². The van der Waals surface area contributed by atoms with Crippen LogP contribution in [0.25, 0.3) is 0 Å². The second kappa shape index (κ2) is 8.67. The van der Waals surface area contributed by atoms with Crippen molar-refractivity contribution >= 4 is 0 Å².